The van der Waals surface area contributed by atoms with Gasteiger partial charge < -0.3 is 4.90 Å². The lowest BCUT2D eigenvalue weighted by Gasteiger charge is -2.31. The summed E-state index contributed by atoms with van der Waals surface area (Å²) >= 11 is 0. The van der Waals surface area contributed by atoms with Gasteiger partial charge in [-0.3, -0.25) is 4.40 Å². The first-order valence-corrected chi connectivity index (χ1v) is 7.40. The largest absolute Gasteiger partial charge is 0.352 e. The van der Waals surface area contributed by atoms with Gasteiger partial charge in [0.05, 0.1) is 5.69 Å². The maximum atomic E-state index is 14.2. The Hall–Kier alpha value is -2.70. The molecule has 0 bridgehead atoms. The molecule has 0 atom stereocenters. The number of anilines is 1. The summed E-state index contributed by atoms with van der Waals surface area (Å²) in [5.41, 5.74) is 1.25. The van der Waals surface area contributed by atoms with Gasteiger partial charge in [0.2, 0.25) is 0 Å². The first kappa shape index (κ1) is 13.9. The normalized spacial score (nSPS) is 14.3. The molecule has 0 saturated carbocycles. The van der Waals surface area contributed by atoms with Gasteiger partial charge in [-0.05, 0) is 36.6 Å². The number of halogens is 2. The van der Waals surface area contributed by atoms with Gasteiger partial charge in [-0.1, -0.05) is 6.07 Å². The summed E-state index contributed by atoms with van der Waals surface area (Å²) in [4.78, 5) is 14.1. The van der Waals surface area contributed by atoms with Gasteiger partial charge in [0.25, 0.3) is 0 Å². The van der Waals surface area contributed by atoms with E-state index in [1.807, 2.05) is 0 Å². The Labute approximate surface area is 130 Å². The van der Waals surface area contributed by atoms with Gasteiger partial charge in [-0.15, -0.1) is 5.10 Å². The van der Waals surface area contributed by atoms with Crippen LogP contribution >= 0.6 is 0 Å². The van der Waals surface area contributed by atoms with E-state index in [0.717, 1.165) is 12.5 Å². The van der Waals surface area contributed by atoms with E-state index >= 15 is 0 Å². The molecule has 0 aliphatic carbocycles. The molecule has 3 heterocycles. The van der Waals surface area contributed by atoms with E-state index in [4.69, 9.17) is 0 Å². The van der Waals surface area contributed by atoms with Crippen molar-refractivity contribution in [1.82, 2.24) is 14.2 Å². The van der Waals surface area contributed by atoms with Crippen molar-refractivity contribution in [2.75, 3.05) is 11.4 Å². The molecule has 1 aliphatic heterocycles. The first-order valence-electron chi connectivity index (χ1n) is 7.40. The summed E-state index contributed by atoms with van der Waals surface area (Å²) in [6.07, 6.45) is 3.04. The molecule has 0 saturated heterocycles. The number of benzene rings is 1. The lowest BCUT2D eigenvalue weighted by Crippen LogP contribution is -2.36. The number of aryl methyl sites for hydroxylation is 1. The lowest BCUT2D eigenvalue weighted by molar-refractivity contribution is 0.513. The summed E-state index contributed by atoms with van der Waals surface area (Å²) in [6.45, 7) is 0.728. The Bertz CT molecular complexity index is 947. The van der Waals surface area contributed by atoms with Crippen molar-refractivity contribution in [2.45, 2.75) is 19.5 Å². The van der Waals surface area contributed by atoms with Gasteiger partial charge >= 0.3 is 5.69 Å². The van der Waals surface area contributed by atoms with Crippen LogP contribution in [-0.4, -0.2) is 20.7 Å². The fourth-order valence-corrected chi connectivity index (χ4v) is 3.10. The number of hydrogen-bond donors (Lipinski definition) is 0. The fraction of sp³-hybridized carbons (Fsp3) is 0.250. The highest BCUT2D eigenvalue weighted by Gasteiger charge is 2.23. The molecule has 23 heavy (non-hydrogen) atoms. The van der Waals surface area contributed by atoms with E-state index in [1.54, 1.807) is 29.3 Å². The van der Waals surface area contributed by atoms with Crippen LogP contribution in [0.3, 0.4) is 0 Å². The minimum atomic E-state index is -0.600. The highest BCUT2D eigenvalue weighted by molar-refractivity contribution is 5.56. The van der Waals surface area contributed by atoms with E-state index in [1.165, 1.54) is 15.1 Å². The van der Waals surface area contributed by atoms with Crippen molar-refractivity contribution in [3.8, 4) is 0 Å². The second-order valence-electron chi connectivity index (χ2n) is 5.61. The number of pyridine rings is 1. The van der Waals surface area contributed by atoms with Crippen LogP contribution < -0.4 is 10.6 Å². The third-order valence-corrected chi connectivity index (χ3v) is 4.09. The van der Waals surface area contributed by atoms with Crippen LogP contribution in [-0.2, 0) is 13.1 Å². The molecule has 0 N–H and O–H groups in total. The van der Waals surface area contributed by atoms with Crippen molar-refractivity contribution >= 4 is 11.3 Å². The van der Waals surface area contributed by atoms with E-state index in [2.05, 4.69) is 5.10 Å². The molecule has 7 heteroatoms. The van der Waals surface area contributed by atoms with Crippen LogP contribution in [0.2, 0.25) is 0 Å². The molecule has 1 aliphatic rings. The van der Waals surface area contributed by atoms with Crippen LogP contribution in [0.5, 0.6) is 0 Å². The molecule has 5 nitrogen and oxygen atoms in total. The van der Waals surface area contributed by atoms with Crippen molar-refractivity contribution in [1.29, 1.82) is 0 Å². The first-order chi connectivity index (χ1) is 11.1. The number of nitrogens with zero attached hydrogens (tertiary/aromatic N) is 4. The monoisotopic (exact) mass is 316 g/mol. The van der Waals surface area contributed by atoms with Crippen molar-refractivity contribution in [2.24, 2.45) is 0 Å². The molecule has 1 aromatic carbocycles. The van der Waals surface area contributed by atoms with Crippen LogP contribution in [0.15, 0.2) is 41.3 Å². The molecule has 0 unspecified atom stereocenters. The Morgan fingerprint density at radius 1 is 1.22 bits per heavy atom. The number of fused-ring (bicyclic) bond motifs is 2. The minimum Gasteiger partial charge on any atom is -0.349 e. The highest BCUT2D eigenvalue weighted by Crippen LogP contribution is 2.31. The quantitative estimate of drug-likeness (QED) is 0.728. The van der Waals surface area contributed by atoms with Gasteiger partial charge in [-0.25, -0.2) is 13.6 Å². The average molecular weight is 316 g/mol. The van der Waals surface area contributed by atoms with E-state index in [0.29, 0.717) is 29.9 Å². The van der Waals surface area contributed by atoms with Crippen LogP contribution in [0.1, 0.15) is 12.0 Å². The maximum Gasteiger partial charge on any atom is 0.352 e. The van der Waals surface area contributed by atoms with Crippen LogP contribution in [0, 0.1) is 11.6 Å². The average Bonchev–Trinajstić information content (AvgIpc) is 2.83. The van der Waals surface area contributed by atoms with Gasteiger partial charge in [0, 0.05) is 18.8 Å². The van der Waals surface area contributed by atoms with Gasteiger partial charge in [0.15, 0.2) is 5.65 Å². The highest BCUT2D eigenvalue weighted by atomic mass is 19.1. The zero-order valence-electron chi connectivity index (χ0n) is 12.2. The van der Waals surface area contributed by atoms with Crippen LogP contribution in [0.25, 0.3) is 5.65 Å². The third kappa shape index (κ3) is 2.28. The fourth-order valence-electron chi connectivity index (χ4n) is 3.10. The molecule has 118 valence electrons. The van der Waals surface area contributed by atoms with Crippen LogP contribution in [0.4, 0.5) is 14.5 Å². The summed E-state index contributed by atoms with van der Waals surface area (Å²) in [5, 5.41) is 4.26. The zero-order valence-corrected chi connectivity index (χ0v) is 12.2. The molecule has 3 aromatic rings. The Morgan fingerprint density at radius 3 is 2.91 bits per heavy atom. The summed E-state index contributed by atoms with van der Waals surface area (Å²) < 4.78 is 30.3. The standard InChI is InChI=1S/C16H14F2N4O/c17-12-8-11-4-3-6-20(15(11)13(18)9-12)10-22-16(23)21-7-2-1-5-14(21)19-22/h1-2,5,7-9H,3-4,6,10H2. The number of rotatable bonds is 2. The summed E-state index contributed by atoms with van der Waals surface area (Å²) in [7, 11) is 0. The van der Waals surface area contributed by atoms with Gasteiger partial charge in [-0.2, -0.15) is 4.68 Å². The molecule has 0 radical (unpaired) electrons. The van der Waals surface area contributed by atoms with Crippen molar-refractivity contribution < 1.29 is 8.78 Å². The Kier molecular flexibility index (Phi) is 3.14. The second-order valence-corrected chi connectivity index (χ2v) is 5.61. The van der Waals surface area contributed by atoms with E-state index < -0.39 is 11.6 Å². The predicted molar refractivity (Wildman–Crippen MR) is 81.5 cm³/mol. The molecule has 0 spiro atoms. The molecular formula is C16H14F2N4O. The Balaban J connectivity index is 1.76. The minimum absolute atomic E-state index is 0.135. The molecule has 0 fully saturated rings. The third-order valence-electron chi connectivity index (χ3n) is 4.09. The van der Waals surface area contributed by atoms with Crippen molar-refractivity contribution in [3.63, 3.8) is 0 Å². The number of aromatic nitrogens is 3. The Morgan fingerprint density at radius 2 is 2.09 bits per heavy atom. The predicted octanol–water partition coefficient (Wildman–Crippen LogP) is 2.18. The topological polar surface area (TPSA) is 42.5 Å². The molecule has 0 amide bonds. The summed E-state index contributed by atoms with van der Waals surface area (Å²) in [6, 6.07) is 7.52. The SMILES string of the molecule is O=c1n(CN2CCCc3cc(F)cc(F)c32)nc2ccccn12. The van der Waals surface area contributed by atoms with E-state index in [9.17, 15) is 13.6 Å². The smallest absolute Gasteiger partial charge is 0.349 e. The van der Waals surface area contributed by atoms with Gasteiger partial charge in [0.1, 0.15) is 18.3 Å². The van der Waals surface area contributed by atoms with E-state index in [-0.39, 0.29) is 12.4 Å². The molecular weight excluding hydrogens is 302 g/mol. The maximum absolute atomic E-state index is 14.2. The molecule has 4 rings (SSSR count). The number of hydrogen-bond acceptors (Lipinski definition) is 3. The van der Waals surface area contributed by atoms with Crippen molar-refractivity contribution in [3.05, 3.63) is 64.2 Å². The molecule has 2 aromatic heterocycles. The summed E-state index contributed by atoms with van der Waals surface area (Å²) in [5.74, 6) is -1.18. The second kappa shape index (κ2) is 5.19. The lowest BCUT2D eigenvalue weighted by atomic mass is 10.0. The zero-order chi connectivity index (χ0) is 16.0.